The van der Waals surface area contributed by atoms with Crippen molar-refractivity contribution in [3.8, 4) is 11.4 Å². The van der Waals surface area contributed by atoms with Crippen LogP contribution in [0.3, 0.4) is 0 Å². The highest BCUT2D eigenvalue weighted by Crippen LogP contribution is 2.30. The molecule has 2 aromatic rings. The topological polar surface area (TPSA) is 69.6 Å². The number of nitrogens with zero attached hydrogens (tertiary/aromatic N) is 4. The molecule has 1 aliphatic carbocycles. The van der Waals surface area contributed by atoms with E-state index in [9.17, 15) is 0 Å². The third kappa shape index (κ3) is 2.20. The van der Waals surface area contributed by atoms with E-state index in [1.807, 2.05) is 28.9 Å². The molecule has 1 aromatic carbocycles. The molecule has 0 aliphatic heterocycles. The summed E-state index contributed by atoms with van der Waals surface area (Å²) in [5.41, 5.74) is 7.46. The molecule has 0 unspecified atom stereocenters. The van der Waals surface area contributed by atoms with Crippen LogP contribution in [0.15, 0.2) is 24.3 Å². The highest BCUT2D eigenvalue weighted by atomic mass is 15.5. The van der Waals surface area contributed by atoms with Crippen LogP contribution in [0, 0.1) is 5.92 Å². The smallest absolute Gasteiger partial charge is 0.182 e. The number of aromatic nitrogens is 4. The Morgan fingerprint density at radius 2 is 2.00 bits per heavy atom. The molecular formula is C13H17N5. The van der Waals surface area contributed by atoms with E-state index in [4.69, 9.17) is 5.73 Å². The van der Waals surface area contributed by atoms with Crippen molar-refractivity contribution >= 4 is 5.69 Å². The molecule has 0 radical (unpaired) electrons. The molecule has 1 heterocycles. The first kappa shape index (κ1) is 11.2. The fourth-order valence-electron chi connectivity index (χ4n) is 2.28. The number of hydrogen-bond acceptors (Lipinski definition) is 4. The SMILES string of the molecule is Nc1ccc(-c2nnnn2CCC2CCC2)cc1. The van der Waals surface area contributed by atoms with Crippen LogP contribution in [0.5, 0.6) is 0 Å². The quantitative estimate of drug-likeness (QED) is 0.835. The van der Waals surface area contributed by atoms with Crippen LogP contribution in [-0.4, -0.2) is 20.2 Å². The number of anilines is 1. The second-order valence-electron chi connectivity index (χ2n) is 4.93. The van der Waals surface area contributed by atoms with Crippen LogP contribution in [0.1, 0.15) is 25.7 Å². The van der Waals surface area contributed by atoms with Crippen molar-refractivity contribution in [1.29, 1.82) is 0 Å². The molecule has 2 N–H and O–H groups in total. The summed E-state index contributed by atoms with van der Waals surface area (Å²) in [5.74, 6) is 1.70. The predicted octanol–water partition coefficient (Wildman–Crippen LogP) is 2.11. The van der Waals surface area contributed by atoms with Crippen LogP contribution in [0.4, 0.5) is 5.69 Å². The second kappa shape index (κ2) is 4.76. The van der Waals surface area contributed by atoms with Crippen LogP contribution in [0.2, 0.25) is 0 Å². The Morgan fingerprint density at radius 1 is 1.22 bits per heavy atom. The predicted molar refractivity (Wildman–Crippen MR) is 69.6 cm³/mol. The first-order valence-electron chi connectivity index (χ1n) is 6.45. The Morgan fingerprint density at radius 3 is 2.67 bits per heavy atom. The number of rotatable bonds is 4. The third-order valence-electron chi connectivity index (χ3n) is 3.67. The molecule has 18 heavy (non-hydrogen) atoms. The average molecular weight is 243 g/mol. The summed E-state index contributed by atoms with van der Waals surface area (Å²) in [7, 11) is 0. The molecule has 0 saturated heterocycles. The third-order valence-corrected chi connectivity index (χ3v) is 3.67. The average Bonchev–Trinajstić information content (AvgIpc) is 2.76. The summed E-state index contributed by atoms with van der Waals surface area (Å²) < 4.78 is 1.89. The zero-order chi connectivity index (χ0) is 12.4. The summed E-state index contributed by atoms with van der Waals surface area (Å²) >= 11 is 0. The van der Waals surface area contributed by atoms with E-state index in [1.165, 1.54) is 25.7 Å². The summed E-state index contributed by atoms with van der Waals surface area (Å²) in [4.78, 5) is 0. The maximum Gasteiger partial charge on any atom is 0.182 e. The van der Waals surface area contributed by atoms with Crippen LogP contribution < -0.4 is 5.73 Å². The highest BCUT2D eigenvalue weighted by Gasteiger charge is 2.18. The van der Waals surface area contributed by atoms with Gasteiger partial charge in [0.25, 0.3) is 0 Å². The van der Waals surface area contributed by atoms with Crippen molar-refractivity contribution in [2.45, 2.75) is 32.2 Å². The van der Waals surface area contributed by atoms with Gasteiger partial charge >= 0.3 is 0 Å². The summed E-state index contributed by atoms with van der Waals surface area (Å²) in [6.07, 6.45) is 5.27. The van der Waals surface area contributed by atoms with Gasteiger partial charge < -0.3 is 5.73 Å². The van der Waals surface area contributed by atoms with Crippen LogP contribution in [-0.2, 0) is 6.54 Å². The molecule has 1 fully saturated rings. The Hall–Kier alpha value is -1.91. The lowest BCUT2D eigenvalue weighted by Crippen LogP contribution is -2.15. The number of nitrogen functional groups attached to an aromatic ring is 1. The lowest BCUT2D eigenvalue weighted by molar-refractivity contribution is 0.277. The second-order valence-corrected chi connectivity index (χ2v) is 4.93. The van der Waals surface area contributed by atoms with Crippen LogP contribution in [0.25, 0.3) is 11.4 Å². The van der Waals surface area contributed by atoms with Gasteiger partial charge in [0.15, 0.2) is 5.82 Å². The Balaban J connectivity index is 1.75. The molecule has 1 aliphatic rings. The Labute approximate surface area is 106 Å². The number of hydrogen-bond donors (Lipinski definition) is 1. The van der Waals surface area contributed by atoms with E-state index in [0.29, 0.717) is 0 Å². The summed E-state index contributed by atoms with van der Waals surface area (Å²) in [6.45, 7) is 0.900. The molecule has 3 rings (SSSR count). The Kier molecular flexibility index (Phi) is 2.96. The Bertz CT molecular complexity index is 512. The molecule has 94 valence electrons. The van der Waals surface area contributed by atoms with Gasteiger partial charge in [-0.2, -0.15) is 0 Å². The molecule has 0 amide bonds. The van der Waals surface area contributed by atoms with Crippen molar-refractivity contribution < 1.29 is 0 Å². The van der Waals surface area contributed by atoms with Crippen LogP contribution >= 0.6 is 0 Å². The van der Waals surface area contributed by atoms with E-state index >= 15 is 0 Å². The van der Waals surface area contributed by atoms with Crippen molar-refractivity contribution in [1.82, 2.24) is 20.2 Å². The van der Waals surface area contributed by atoms with E-state index in [0.717, 1.165) is 29.5 Å². The lowest BCUT2D eigenvalue weighted by Gasteiger charge is -2.24. The molecule has 5 heteroatoms. The van der Waals surface area contributed by atoms with Gasteiger partial charge in [-0.05, 0) is 47.0 Å². The van der Waals surface area contributed by atoms with Crippen molar-refractivity contribution in [3.05, 3.63) is 24.3 Å². The van der Waals surface area contributed by atoms with Gasteiger partial charge in [-0.1, -0.05) is 19.3 Å². The highest BCUT2D eigenvalue weighted by molar-refractivity contribution is 5.58. The zero-order valence-corrected chi connectivity index (χ0v) is 10.3. The number of aryl methyl sites for hydroxylation is 1. The number of benzene rings is 1. The molecule has 0 bridgehead atoms. The van der Waals surface area contributed by atoms with Gasteiger partial charge in [-0.3, -0.25) is 0 Å². The number of nitrogens with two attached hydrogens (primary N) is 1. The standard InChI is InChI=1S/C13H17N5/c14-12-6-4-11(5-7-12)13-15-16-17-18(13)9-8-10-2-1-3-10/h4-7,10H,1-3,8-9,14H2. The van der Waals surface area contributed by atoms with E-state index in [1.54, 1.807) is 0 Å². The van der Waals surface area contributed by atoms with Gasteiger partial charge in [0.2, 0.25) is 0 Å². The molecule has 1 saturated carbocycles. The fraction of sp³-hybridized carbons (Fsp3) is 0.462. The van der Waals surface area contributed by atoms with Gasteiger partial charge in [0.1, 0.15) is 0 Å². The largest absolute Gasteiger partial charge is 0.399 e. The van der Waals surface area contributed by atoms with Crippen molar-refractivity contribution in [2.24, 2.45) is 5.92 Å². The van der Waals surface area contributed by atoms with Crippen molar-refractivity contribution in [3.63, 3.8) is 0 Å². The van der Waals surface area contributed by atoms with Gasteiger partial charge in [-0.25, -0.2) is 4.68 Å². The summed E-state index contributed by atoms with van der Waals surface area (Å²) in [6, 6.07) is 7.67. The molecule has 1 aromatic heterocycles. The van der Waals surface area contributed by atoms with Gasteiger partial charge in [-0.15, -0.1) is 5.10 Å². The minimum Gasteiger partial charge on any atom is -0.399 e. The first-order chi connectivity index (χ1) is 8.83. The van der Waals surface area contributed by atoms with E-state index in [2.05, 4.69) is 15.5 Å². The molecule has 0 spiro atoms. The minimum absolute atomic E-state index is 0.757. The minimum atomic E-state index is 0.757. The molecule has 0 atom stereocenters. The van der Waals surface area contributed by atoms with E-state index in [-0.39, 0.29) is 0 Å². The maximum atomic E-state index is 5.68. The first-order valence-corrected chi connectivity index (χ1v) is 6.45. The fourth-order valence-corrected chi connectivity index (χ4v) is 2.28. The molecular weight excluding hydrogens is 226 g/mol. The normalized spacial score (nSPS) is 15.6. The van der Waals surface area contributed by atoms with Gasteiger partial charge in [0, 0.05) is 17.8 Å². The zero-order valence-electron chi connectivity index (χ0n) is 10.3. The summed E-state index contributed by atoms with van der Waals surface area (Å²) in [5, 5.41) is 11.9. The van der Waals surface area contributed by atoms with Crippen molar-refractivity contribution in [2.75, 3.05) is 5.73 Å². The number of tetrazole rings is 1. The van der Waals surface area contributed by atoms with Gasteiger partial charge in [0.05, 0.1) is 0 Å². The maximum absolute atomic E-state index is 5.68. The molecule has 5 nitrogen and oxygen atoms in total. The lowest BCUT2D eigenvalue weighted by atomic mass is 9.83. The monoisotopic (exact) mass is 243 g/mol. The van der Waals surface area contributed by atoms with E-state index < -0.39 is 0 Å².